The molecule has 1 amide bonds. The zero-order valence-electron chi connectivity index (χ0n) is 11.1. The molecule has 0 saturated heterocycles. The van der Waals surface area contributed by atoms with Gasteiger partial charge in [-0.2, -0.15) is 28.3 Å². The number of nitrogens with one attached hydrogen (secondary N) is 1. The summed E-state index contributed by atoms with van der Waals surface area (Å²) in [4.78, 5) is 15.5. The molecule has 0 spiro atoms. The van der Waals surface area contributed by atoms with Crippen LogP contribution in [0.2, 0.25) is 0 Å². The van der Waals surface area contributed by atoms with E-state index in [1.807, 2.05) is 0 Å². The molecule has 0 unspecified atom stereocenters. The van der Waals surface area contributed by atoms with Crippen LogP contribution in [0.1, 0.15) is 5.56 Å². The molecule has 23 heavy (non-hydrogen) atoms. The molecule has 2 heterocycles. The van der Waals surface area contributed by atoms with Crippen LogP contribution in [0.5, 0.6) is 0 Å². The molecule has 0 fully saturated rings. The largest absolute Gasteiger partial charge is 0.441 e. The van der Waals surface area contributed by atoms with Gasteiger partial charge in [0.1, 0.15) is 5.82 Å². The number of thioether (sulfide) groups is 1. The normalized spacial score (nSPS) is 19.8. The van der Waals surface area contributed by atoms with E-state index in [2.05, 4.69) is 10.1 Å². The van der Waals surface area contributed by atoms with Crippen molar-refractivity contribution in [3.63, 3.8) is 0 Å². The standard InChI is InChI=1S/C13H6F4N4OS/c14-7-3-1-6(2-4-7)5-8-9(18)21-12(19-10(8)22)23-11(20-21)13(15,16)17/h1-5,18H/b8-5+,18-9?. The number of carbonyl (C=O) groups excluding carboxylic acids is 1. The van der Waals surface area contributed by atoms with E-state index in [0.29, 0.717) is 10.6 Å². The molecule has 1 N–H and O–H groups in total. The van der Waals surface area contributed by atoms with Crippen molar-refractivity contribution in [2.45, 2.75) is 6.18 Å². The topological polar surface area (TPSA) is 68.9 Å². The number of nitrogens with zero attached hydrogens (tertiary/aromatic N) is 3. The van der Waals surface area contributed by atoms with Crippen LogP contribution >= 0.6 is 11.8 Å². The Kier molecular flexibility index (Phi) is 3.55. The van der Waals surface area contributed by atoms with Crippen molar-refractivity contribution in [1.82, 2.24) is 5.01 Å². The first-order chi connectivity index (χ1) is 10.8. The van der Waals surface area contributed by atoms with Crippen LogP contribution in [0.3, 0.4) is 0 Å². The van der Waals surface area contributed by atoms with Crippen molar-refractivity contribution in [1.29, 1.82) is 5.41 Å². The summed E-state index contributed by atoms with van der Waals surface area (Å²) in [6.07, 6.45) is -3.44. The van der Waals surface area contributed by atoms with Crippen molar-refractivity contribution in [2.75, 3.05) is 0 Å². The van der Waals surface area contributed by atoms with Gasteiger partial charge in [-0.05, 0) is 35.5 Å². The monoisotopic (exact) mass is 342 g/mol. The van der Waals surface area contributed by atoms with E-state index < -0.39 is 28.8 Å². The highest BCUT2D eigenvalue weighted by atomic mass is 32.2. The summed E-state index contributed by atoms with van der Waals surface area (Å²) in [5.74, 6) is -1.85. The summed E-state index contributed by atoms with van der Waals surface area (Å²) in [5.41, 5.74) is 0.179. The second-order valence-electron chi connectivity index (χ2n) is 4.47. The fourth-order valence-corrected chi connectivity index (χ4v) is 2.59. The quantitative estimate of drug-likeness (QED) is 0.630. The molecule has 2 aliphatic heterocycles. The smallest absolute Gasteiger partial charge is 0.282 e. The highest BCUT2D eigenvalue weighted by Crippen LogP contribution is 2.35. The van der Waals surface area contributed by atoms with Crippen LogP contribution in [-0.2, 0) is 4.79 Å². The van der Waals surface area contributed by atoms with Gasteiger partial charge in [-0.1, -0.05) is 12.1 Å². The number of fused-ring (bicyclic) bond motifs is 1. The summed E-state index contributed by atoms with van der Waals surface area (Å²) < 4.78 is 50.9. The third-order valence-corrected chi connectivity index (χ3v) is 3.83. The molecule has 0 radical (unpaired) electrons. The number of amides is 1. The van der Waals surface area contributed by atoms with Gasteiger partial charge in [-0.25, -0.2) is 4.39 Å². The van der Waals surface area contributed by atoms with E-state index in [9.17, 15) is 22.4 Å². The van der Waals surface area contributed by atoms with Crippen LogP contribution < -0.4 is 0 Å². The Morgan fingerprint density at radius 3 is 2.48 bits per heavy atom. The summed E-state index contributed by atoms with van der Waals surface area (Å²) in [5, 5.41) is 10.3. The average molecular weight is 342 g/mol. The van der Waals surface area contributed by atoms with Gasteiger partial charge in [-0.15, -0.1) is 0 Å². The molecule has 0 aromatic heterocycles. The maximum absolute atomic E-state index is 12.9. The SMILES string of the molecule is N=C1/C(=C\c2ccc(F)cc2)C(=O)N=C2SC(C(F)(F)F)=NN12. The molecule has 1 aromatic rings. The fraction of sp³-hybridized carbons (Fsp3) is 0.0769. The predicted molar refractivity (Wildman–Crippen MR) is 77.5 cm³/mol. The van der Waals surface area contributed by atoms with Crippen molar-refractivity contribution in [2.24, 2.45) is 10.1 Å². The van der Waals surface area contributed by atoms with E-state index in [1.54, 1.807) is 0 Å². The Labute approximate surface area is 130 Å². The number of hydrogen-bond donors (Lipinski definition) is 1. The third-order valence-electron chi connectivity index (χ3n) is 2.88. The maximum atomic E-state index is 12.9. The number of hydrazone groups is 1. The third kappa shape index (κ3) is 2.89. The van der Waals surface area contributed by atoms with Crippen molar-refractivity contribution in [3.8, 4) is 0 Å². The molecule has 2 aliphatic rings. The van der Waals surface area contributed by atoms with Crippen LogP contribution in [-0.4, -0.2) is 33.1 Å². The van der Waals surface area contributed by atoms with Gasteiger partial charge in [-0.3, -0.25) is 10.2 Å². The van der Waals surface area contributed by atoms with Crippen molar-refractivity contribution < 1.29 is 22.4 Å². The Bertz CT molecular complexity index is 795. The van der Waals surface area contributed by atoms with Gasteiger partial charge in [0, 0.05) is 0 Å². The van der Waals surface area contributed by atoms with Crippen LogP contribution in [0.25, 0.3) is 6.08 Å². The molecule has 3 rings (SSSR count). The second-order valence-corrected chi connectivity index (χ2v) is 5.43. The number of halogens is 4. The number of carbonyl (C=O) groups is 1. The first kappa shape index (κ1) is 15.4. The molecule has 118 valence electrons. The molecule has 0 aliphatic carbocycles. The lowest BCUT2D eigenvalue weighted by Crippen LogP contribution is -2.35. The average Bonchev–Trinajstić information content (AvgIpc) is 2.89. The molecule has 0 saturated carbocycles. The molecular formula is C13H6F4N4OS. The van der Waals surface area contributed by atoms with Crippen LogP contribution in [0.15, 0.2) is 39.9 Å². The molecule has 10 heteroatoms. The lowest BCUT2D eigenvalue weighted by Gasteiger charge is -2.20. The lowest BCUT2D eigenvalue weighted by atomic mass is 10.1. The number of hydrogen-bond acceptors (Lipinski definition) is 4. The van der Waals surface area contributed by atoms with E-state index >= 15 is 0 Å². The van der Waals surface area contributed by atoms with E-state index in [4.69, 9.17) is 5.41 Å². The summed E-state index contributed by atoms with van der Waals surface area (Å²) in [7, 11) is 0. The van der Waals surface area contributed by atoms with Gasteiger partial charge < -0.3 is 0 Å². The minimum absolute atomic E-state index is 0.182. The Balaban J connectivity index is 1.97. The Morgan fingerprint density at radius 2 is 1.87 bits per heavy atom. The van der Waals surface area contributed by atoms with Gasteiger partial charge in [0.2, 0.25) is 10.2 Å². The highest BCUT2D eigenvalue weighted by Gasteiger charge is 2.46. The molecule has 0 bridgehead atoms. The fourth-order valence-electron chi connectivity index (χ4n) is 1.83. The molecule has 0 atom stereocenters. The zero-order valence-corrected chi connectivity index (χ0v) is 11.9. The van der Waals surface area contributed by atoms with Gasteiger partial charge in [0.15, 0.2) is 5.84 Å². The number of alkyl halides is 3. The second kappa shape index (κ2) is 5.30. The van der Waals surface area contributed by atoms with Gasteiger partial charge in [0.25, 0.3) is 5.91 Å². The van der Waals surface area contributed by atoms with Gasteiger partial charge >= 0.3 is 6.18 Å². The first-order valence-electron chi connectivity index (χ1n) is 6.09. The molecule has 1 aromatic carbocycles. The Morgan fingerprint density at radius 1 is 1.22 bits per heavy atom. The summed E-state index contributed by atoms with van der Waals surface area (Å²) in [6.45, 7) is 0. The summed E-state index contributed by atoms with van der Waals surface area (Å²) in [6, 6.07) is 5.05. The van der Waals surface area contributed by atoms with Crippen molar-refractivity contribution in [3.05, 3.63) is 41.2 Å². The number of amidine groups is 2. The van der Waals surface area contributed by atoms with E-state index in [-0.39, 0.29) is 22.5 Å². The minimum Gasteiger partial charge on any atom is -0.282 e. The maximum Gasteiger partial charge on any atom is 0.441 e. The number of aliphatic imine (C=N–C) groups is 1. The molecular weight excluding hydrogens is 336 g/mol. The zero-order chi connectivity index (χ0) is 16.8. The Hall–Kier alpha value is -2.49. The van der Waals surface area contributed by atoms with Crippen molar-refractivity contribution >= 4 is 39.8 Å². The highest BCUT2D eigenvalue weighted by molar-refractivity contribution is 8.27. The number of rotatable bonds is 1. The number of benzene rings is 1. The lowest BCUT2D eigenvalue weighted by molar-refractivity contribution is -0.114. The predicted octanol–water partition coefficient (Wildman–Crippen LogP) is 3.01. The first-order valence-corrected chi connectivity index (χ1v) is 6.90. The molecule has 5 nitrogen and oxygen atoms in total. The van der Waals surface area contributed by atoms with Gasteiger partial charge in [0.05, 0.1) is 5.57 Å². The minimum atomic E-state index is -4.69. The van der Waals surface area contributed by atoms with E-state index in [1.165, 1.54) is 18.2 Å². The van der Waals surface area contributed by atoms with Crippen LogP contribution in [0.4, 0.5) is 17.6 Å². The van der Waals surface area contributed by atoms with E-state index in [0.717, 1.165) is 12.1 Å². The van der Waals surface area contributed by atoms with Crippen LogP contribution in [0, 0.1) is 11.2 Å². The summed E-state index contributed by atoms with van der Waals surface area (Å²) >= 11 is 0.182.